The number of aryl methyl sites for hydroxylation is 1. The van der Waals surface area contributed by atoms with Crippen LogP contribution >= 0.6 is 0 Å². The molecule has 1 aliphatic heterocycles. The van der Waals surface area contributed by atoms with Crippen LogP contribution in [0.4, 0.5) is 20.4 Å². The van der Waals surface area contributed by atoms with Gasteiger partial charge in [-0.1, -0.05) is 19.1 Å². The van der Waals surface area contributed by atoms with Crippen molar-refractivity contribution < 1.29 is 21.9 Å². The SMILES string of the molecule is CCCS(=O)(=O)Nc1c(F)ccc2c(Oc3ncccc3-c3ccnc(N[C@@H]4CNC[C@@](C)(F)C4)n3)c(C)ccc12. The Kier molecular flexibility index (Phi) is 8.05. The molecule has 3 N–H and O–H groups in total. The number of ether oxygens (including phenoxy) is 1. The number of nitrogens with one attached hydrogen (secondary N) is 3. The fourth-order valence-electron chi connectivity index (χ4n) is 4.97. The molecule has 3 heterocycles. The summed E-state index contributed by atoms with van der Waals surface area (Å²) in [6.07, 6.45) is 3.91. The number of nitrogens with zero attached hydrogens (tertiary/aromatic N) is 3. The topological polar surface area (TPSA) is 118 Å². The molecule has 2 aromatic carbocycles. The smallest absolute Gasteiger partial charge is 0.232 e. The monoisotopic (exact) mass is 582 g/mol. The molecule has 12 heteroatoms. The molecule has 2 aromatic heterocycles. The van der Waals surface area contributed by atoms with Gasteiger partial charge < -0.3 is 15.4 Å². The van der Waals surface area contributed by atoms with E-state index in [-0.39, 0.29) is 23.4 Å². The first kappa shape index (κ1) is 28.6. The van der Waals surface area contributed by atoms with E-state index in [0.717, 1.165) is 5.56 Å². The van der Waals surface area contributed by atoms with Gasteiger partial charge in [0.2, 0.25) is 21.9 Å². The fourth-order valence-corrected chi connectivity index (χ4v) is 6.12. The molecule has 1 saturated heterocycles. The van der Waals surface area contributed by atoms with Crippen LogP contribution in [0, 0.1) is 12.7 Å². The Hall–Kier alpha value is -3.90. The lowest BCUT2D eigenvalue weighted by atomic mass is 9.95. The predicted octanol–water partition coefficient (Wildman–Crippen LogP) is 5.59. The van der Waals surface area contributed by atoms with Crippen LogP contribution in [0.25, 0.3) is 22.0 Å². The molecule has 0 spiro atoms. The molecule has 4 aromatic rings. The van der Waals surface area contributed by atoms with Crippen LogP contribution in [-0.4, -0.2) is 53.9 Å². The van der Waals surface area contributed by atoms with E-state index in [0.29, 0.717) is 59.7 Å². The van der Waals surface area contributed by atoms with Crippen molar-refractivity contribution in [3.8, 4) is 22.9 Å². The zero-order valence-corrected chi connectivity index (χ0v) is 23.9. The van der Waals surface area contributed by atoms with Crippen LogP contribution in [0.15, 0.2) is 54.9 Å². The molecule has 41 heavy (non-hydrogen) atoms. The van der Waals surface area contributed by atoms with E-state index in [1.807, 2.05) is 6.92 Å². The molecule has 0 radical (unpaired) electrons. The number of anilines is 2. The van der Waals surface area contributed by atoms with E-state index in [1.54, 1.807) is 62.6 Å². The molecule has 1 aliphatic rings. The number of halogens is 2. The highest BCUT2D eigenvalue weighted by Crippen LogP contribution is 2.39. The summed E-state index contributed by atoms with van der Waals surface area (Å²) in [5, 5.41) is 7.17. The van der Waals surface area contributed by atoms with Crippen LogP contribution in [0.1, 0.15) is 32.3 Å². The van der Waals surface area contributed by atoms with Gasteiger partial charge in [0.1, 0.15) is 17.2 Å². The zero-order chi connectivity index (χ0) is 29.2. The minimum Gasteiger partial charge on any atom is -0.437 e. The number of pyridine rings is 1. The number of piperidine rings is 1. The number of hydrogen-bond donors (Lipinski definition) is 3. The minimum atomic E-state index is -3.73. The fraction of sp³-hybridized carbons (Fsp3) is 0.345. The van der Waals surface area contributed by atoms with Crippen LogP contribution in [-0.2, 0) is 10.0 Å². The summed E-state index contributed by atoms with van der Waals surface area (Å²) in [6.45, 7) is 6.03. The molecule has 0 saturated carbocycles. The maximum Gasteiger partial charge on any atom is 0.232 e. The molecule has 2 atom stereocenters. The van der Waals surface area contributed by atoms with Gasteiger partial charge in [0, 0.05) is 48.7 Å². The molecule has 5 rings (SSSR count). The number of aromatic nitrogens is 3. The second-order valence-electron chi connectivity index (χ2n) is 10.5. The van der Waals surface area contributed by atoms with Crippen molar-refractivity contribution in [1.82, 2.24) is 20.3 Å². The maximum absolute atomic E-state index is 14.9. The maximum atomic E-state index is 14.9. The van der Waals surface area contributed by atoms with Gasteiger partial charge in [-0.25, -0.2) is 32.2 Å². The van der Waals surface area contributed by atoms with Crippen LogP contribution in [0.3, 0.4) is 0 Å². The van der Waals surface area contributed by atoms with Crippen molar-refractivity contribution in [2.24, 2.45) is 0 Å². The van der Waals surface area contributed by atoms with Gasteiger partial charge in [-0.05, 0) is 56.2 Å². The van der Waals surface area contributed by atoms with Gasteiger partial charge in [-0.2, -0.15) is 0 Å². The molecular formula is C29H32F2N6O3S. The van der Waals surface area contributed by atoms with Crippen molar-refractivity contribution in [2.75, 3.05) is 28.9 Å². The van der Waals surface area contributed by atoms with E-state index in [4.69, 9.17) is 4.74 Å². The predicted molar refractivity (Wildman–Crippen MR) is 156 cm³/mol. The normalized spacial score (nSPS) is 19.2. The Morgan fingerprint density at radius 3 is 2.71 bits per heavy atom. The number of benzene rings is 2. The first-order valence-electron chi connectivity index (χ1n) is 13.4. The van der Waals surface area contributed by atoms with Crippen molar-refractivity contribution in [2.45, 2.75) is 45.3 Å². The molecular weight excluding hydrogens is 550 g/mol. The summed E-state index contributed by atoms with van der Waals surface area (Å²) in [7, 11) is -3.73. The lowest BCUT2D eigenvalue weighted by molar-refractivity contribution is 0.137. The lowest BCUT2D eigenvalue weighted by Gasteiger charge is -2.33. The van der Waals surface area contributed by atoms with Gasteiger partial charge >= 0.3 is 0 Å². The highest BCUT2D eigenvalue weighted by Gasteiger charge is 2.32. The number of fused-ring (bicyclic) bond motifs is 1. The first-order chi connectivity index (χ1) is 19.5. The highest BCUT2D eigenvalue weighted by atomic mass is 32.2. The van der Waals surface area contributed by atoms with E-state index in [9.17, 15) is 17.2 Å². The molecule has 216 valence electrons. The minimum absolute atomic E-state index is 0.129. The molecule has 9 nitrogen and oxygen atoms in total. The summed E-state index contributed by atoms with van der Waals surface area (Å²) in [6, 6.07) is 11.3. The van der Waals surface area contributed by atoms with Gasteiger partial charge in [0.05, 0.1) is 22.7 Å². The van der Waals surface area contributed by atoms with Crippen molar-refractivity contribution in [1.29, 1.82) is 0 Å². The Morgan fingerprint density at radius 2 is 1.93 bits per heavy atom. The average molecular weight is 583 g/mol. The summed E-state index contributed by atoms with van der Waals surface area (Å²) in [5.41, 5.74) is 0.404. The molecule has 0 unspecified atom stereocenters. The van der Waals surface area contributed by atoms with Crippen molar-refractivity contribution in [3.05, 3.63) is 66.2 Å². The Labute approximate surface area is 237 Å². The Balaban J connectivity index is 1.49. The van der Waals surface area contributed by atoms with Crippen LogP contribution in [0.5, 0.6) is 11.6 Å². The average Bonchev–Trinajstić information content (AvgIpc) is 2.91. The molecule has 0 amide bonds. The zero-order valence-electron chi connectivity index (χ0n) is 23.0. The third-order valence-electron chi connectivity index (χ3n) is 6.82. The number of rotatable bonds is 9. The third-order valence-corrected chi connectivity index (χ3v) is 8.28. The quantitative estimate of drug-likeness (QED) is 0.234. The largest absolute Gasteiger partial charge is 0.437 e. The van der Waals surface area contributed by atoms with Crippen molar-refractivity contribution in [3.63, 3.8) is 0 Å². The molecule has 1 fully saturated rings. The molecule has 0 aliphatic carbocycles. The first-order valence-corrected chi connectivity index (χ1v) is 15.1. The summed E-state index contributed by atoms with van der Waals surface area (Å²) >= 11 is 0. The van der Waals surface area contributed by atoms with Gasteiger partial charge in [0.15, 0.2) is 0 Å². The lowest BCUT2D eigenvalue weighted by Crippen LogP contribution is -2.50. The number of sulfonamides is 1. The number of hydrogen-bond acceptors (Lipinski definition) is 8. The molecule has 0 bridgehead atoms. The third kappa shape index (κ3) is 6.54. The Bertz CT molecular complexity index is 1680. The summed E-state index contributed by atoms with van der Waals surface area (Å²) < 4.78 is 63.0. The summed E-state index contributed by atoms with van der Waals surface area (Å²) in [5.74, 6) is 0.188. The van der Waals surface area contributed by atoms with E-state index in [1.165, 1.54) is 6.07 Å². The van der Waals surface area contributed by atoms with Gasteiger partial charge in [0.25, 0.3) is 0 Å². The van der Waals surface area contributed by atoms with Crippen molar-refractivity contribution >= 4 is 32.4 Å². The van der Waals surface area contributed by atoms with Crippen LogP contribution < -0.4 is 20.1 Å². The second-order valence-corrected chi connectivity index (χ2v) is 12.3. The summed E-state index contributed by atoms with van der Waals surface area (Å²) in [4.78, 5) is 13.4. The Morgan fingerprint density at radius 1 is 1.12 bits per heavy atom. The van der Waals surface area contributed by atoms with Gasteiger partial charge in [-0.15, -0.1) is 0 Å². The second kappa shape index (κ2) is 11.5. The van der Waals surface area contributed by atoms with Gasteiger partial charge in [-0.3, -0.25) is 4.72 Å². The standard InChI is InChI=1S/C29H32F2N6O3S/c1-4-14-41(38,39)37-25-20-8-7-18(2)26(21(20)9-10-23(25)30)40-27-22(6-5-12-33-27)24-11-13-34-28(36-24)35-19-15-29(3,31)17-32-16-19/h5-13,19,32,37H,4,14-17H2,1-3H3,(H,34,35,36)/t19-,29-/m0/s1. The van der Waals surface area contributed by atoms with Crippen LogP contribution in [0.2, 0.25) is 0 Å². The number of alkyl halides is 1. The van der Waals surface area contributed by atoms with E-state index in [2.05, 4.69) is 30.3 Å². The van der Waals surface area contributed by atoms with E-state index < -0.39 is 21.5 Å². The highest BCUT2D eigenvalue weighted by molar-refractivity contribution is 7.92. The van der Waals surface area contributed by atoms with E-state index >= 15 is 0 Å².